The van der Waals surface area contributed by atoms with Gasteiger partial charge in [-0.1, -0.05) is 44.0 Å². The van der Waals surface area contributed by atoms with Gasteiger partial charge in [-0.3, -0.25) is 0 Å². The molecular weight excluding hydrogens is 196 g/mol. The summed E-state index contributed by atoms with van der Waals surface area (Å²) < 4.78 is 0. The predicted octanol–water partition coefficient (Wildman–Crippen LogP) is 3.86. The third-order valence-corrected chi connectivity index (χ3v) is 3.77. The van der Waals surface area contributed by atoms with Crippen LogP contribution in [-0.2, 0) is 6.42 Å². The quantitative estimate of drug-likeness (QED) is 0.764. The van der Waals surface area contributed by atoms with Gasteiger partial charge in [-0.15, -0.1) is 0 Å². The molecule has 1 heteroatoms. The molecule has 0 amide bonds. The molecule has 1 nitrogen and oxygen atoms in total. The number of rotatable bonds is 3. The molecule has 0 heterocycles. The lowest BCUT2D eigenvalue weighted by atomic mass is 9.89. The number of hydrogen-bond donors (Lipinski definition) is 1. The van der Waals surface area contributed by atoms with Crippen LogP contribution >= 0.6 is 0 Å². The molecule has 0 bridgehead atoms. The number of unbranched alkanes of at least 4 members (excludes halogenated alkanes) is 1. The fourth-order valence-corrected chi connectivity index (χ4v) is 2.79. The highest BCUT2D eigenvalue weighted by atomic mass is 16.3. The lowest BCUT2D eigenvalue weighted by Gasteiger charge is -2.21. The first kappa shape index (κ1) is 11.7. The Balaban J connectivity index is 2.16. The first-order valence-corrected chi connectivity index (χ1v) is 6.58. The Morgan fingerprint density at radius 1 is 1.31 bits per heavy atom. The smallest absolute Gasteiger partial charge is 0.0820 e. The van der Waals surface area contributed by atoms with E-state index in [0.29, 0.717) is 5.92 Å². The van der Waals surface area contributed by atoms with E-state index in [4.69, 9.17) is 0 Å². The third-order valence-electron chi connectivity index (χ3n) is 3.77. The molecule has 2 unspecified atom stereocenters. The van der Waals surface area contributed by atoms with Crippen LogP contribution in [0.5, 0.6) is 0 Å². The van der Waals surface area contributed by atoms with Crippen molar-refractivity contribution in [1.29, 1.82) is 0 Å². The van der Waals surface area contributed by atoms with Gasteiger partial charge in [-0.2, -0.15) is 0 Å². The topological polar surface area (TPSA) is 20.2 Å². The minimum atomic E-state index is -0.231. The summed E-state index contributed by atoms with van der Waals surface area (Å²) in [6, 6.07) is 8.40. The first-order valence-electron chi connectivity index (χ1n) is 6.58. The minimum Gasteiger partial charge on any atom is -0.388 e. The van der Waals surface area contributed by atoms with Gasteiger partial charge in [0.25, 0.3) is 0 Å². The molecule has 0 saturated heterocycles. The maximum Gasteiger partial charge on any atom is 0.0820 e. The monoisotopic (exact) mass is 218 g/mol. The number of aliphatic hydroxyl groups excluding tert-OH is 1. The van der Waals surface area contributed by atoms with Gasteiger partial charge in [0.1, 0.15) is 0 Å². The van der Waals surface area contributed by atoms with Crippen molar-refractivity contribution >= 4 is 0 Å². The Labute approximate surface area is 98.5 Å². The van der Waals surface area contributed by atoms with Crippen molar-refractivity contribution in [1.82, 2.24) is 0 Å². The second-order valence-corrected chi connectivity index (χ2v) is 4.94. The van der Waals surface area contributed by atoms with Crippen LogP contribution < -0.4 is 0 Å². The second kappa shape index (κ2) is 5.49. The standard InChI is InChI=1S/C15H22O/c1-2-3-7-13-10-6-9-12-8-4-5-11-14(12)15(13)16/h4-5,8,11,13,15-16H,2-3,6-7,9-10H2,1H3. The van der Waals surface area contributed by atoms with Crippen LogP contribution in [-0.4, -0.2) is 5.11 Å². The van der Waals surface area contributed by atoms with E-state index in [0.717, 1.165) is 6.42 Å². The summed E-state index contributed by atoms with van der Waals surface area (Å²) in [5.74, 6) is 0.476. The number of aryl methyl sites for hydroxylation is 1. The average Bonchev–Trinajstić information content (AvgIpc) is 2.47. The highest BCUT2D eigenvalue weighted by Crippen LogP contribution is 2.35. The van der Waals surface area contributed by atoms with E-state index in [1.54, 1.807) is 0 Å². The van der Waals surface area contributed by atoms with Crippen molar-refractivity contribution in [2.24, 2.45) is 5.92 Å². The molecule has 16 heavy (non-hydrogen) atoms. The van der Waals surface area contributed by atoms with Crippen molar-refractivity contribution in [3.63, 3.8) is 0 Å². The molecule has 1 aliphatic carbocycles. The van der Waals surface area contributed by atoms with E-state index in [1.165, 1.54) is 43.2 Å². The summed E-state index contributed by atoms with van der Waals surface area (Å²) in [6.07, 6.45) is 6.94. The second-order valence-electron chi connectivity index (χ2n) is 4.94. The maximum absolute atomic E-state index is 10.4. The van der Waals surface area contributed by atoms with E-state index in [-0.39, 0.29) is 6.10 Å². The molecule has 0 saturated carbocycles. The molecule has 0 aromatic heterocycles. The zero-order valence-corrected chi connectivity index (χ0v) is 10.2. The van der Waals surface area contributed by atoms with Crippen LogP contribution in [0, 0.1) is 5.92 Å². The molecule has 2 atom stereocenters. The third kappa shape index (κ3) is 2.46. The molecule has 0 spiro atoms. The Bertz CT molecular complexity index is 330. The van der Waals surface area contributed by atoms with Gasteiger partial charge >= 0.3 is 0 Å². The number of benzene rings is 1. The Kier molecular flexibility index (Phi) is 4.00. The van der Waals surface area contributed by atoms with Crippen molar-refractivity contribution in [3.05, 3.63) is 35.4 Å². The van der Waals surface area contributed by atoms with Gasteiger partial charge in [0.05, 0.1) is 6.10 Å². The van der Waals surface area contributed by atoms with E-state index in [2.05, 4.69) is 25.1 Å². The van der Waals surface area contributed by atoms with Crippen LogP contribution in [0.1, 0.15) is 56.3 Å². The van der Waals surface area contributed by atoms with Crippen molar-refractivity contribution in [3.8, 4) is 0 Å². The van der Waals surface area contributed by atoms with Gasteiger partial charge in [-0.05, 0) is 42.7 Å². The molecule has 1 aromatic rings. The summed E-state index contributed by atoms with van der Waals surface area (Å²) in [5, 5.41) is 10.4. The molecule has 0 radical (unpaired) electrons. The van der Waals surface area contributed by atoms with Crippen LogP contribution in [0.25, 0.3) is 0 Å². The highest BCUT2D eigenvalue weighted by molar-refractivity contribution is 5.30. The molecule has 1 N–H and O–H groups in total. The molecule has 0 fully saturated rings. The number of fused-ring (bicyclic) bond motifs is 1. The summed E-state index contributed by atoms with van der Waals surface area (Å²) >= 11 is 0. The Hall–Kier alpha value is -0.820. The minimum absolute atomic E-state index is 0.231. The lowest BCUT2D eigenvalue weighted by molar-refractivity contribution is 0.0983. The summed E-state index contributed by atoms with van der Waals surface area (Å²) in [4.78, 5) is 0. The van der Waals surface area contributed by atoms with E-state index in [1.807, 2.05) is 6.07 Å². The summed E-state index contributed by atoms with van der Waals surface area (Å²) in [7, 11) is 0. The normalized spacial score (nSPS) is 24.9. The van der Waals surface area contributed by atoms with Crippen LogP contribution in [0.2, 0.25) is 0 Å². The van der Waals surface area contributed by atoms with Crippen molar-refractivity contribution in [2.45, 2.75) is 51.6 Å². The SMILES string of the molecule is CCCCC1CCCc2ccccc2C1O. The van der Waals surface area contributed by atoms with Crippen LogP contribution in [0.4, 0.5) is 0 Å². The fourth-order valence-electron chi connectivity index (χ4n) is 2.79. The van der Waals surface area contributed by atoms with Gasteiger partial charge in [0, 0.05) is 0 Å². The zero-order valence-electron chi connectivity index (χ0n) is 10.2. The Morgan fingerprint density at radius 2 is 2.12 bits per heavy atom. The fraction of sp³-hybridized carbons (Fsp3) is 0.600. The highest BCUT2D eigenvalue weighted by Gasteiger charge is 2.24. The molecule has 2 rings (SSSR count). The van der Waals surface area contributed by atoms with Gasteiger partial charge < -0.3 is 5.11 Å². The maximum atomic E-state index is 10.4. The number of aliphatic hydroxyl groups is 1. The number of hydrogen-bond acceptors (Lipinski definition) is 1. The molecule has 0 aliphatic heterocycles. The molecular formula is C15H22O. The molecule has 88 valence electrons. The average molecular weight is 218 g/mol. The van der Waals surface area contributed by atoms with E-state index in [9.17, 15) is 5.11 Å². The largest absolute Gasteiger partial charge is 0.388 e. The van der Waals surface area contributed by atoms with E-state index < -0.39 is 0 Å². The molecule has 1 aliphatic rings. The van der Waals surface area contributed by atoms with Crippen LogP contribution in [0.15, 0.2) is 24.3 Å². The predicted molar refractivity (Wildman–Crippen MR) is 67.4 cm³/mol. The van der Waals surface area contributed by atoms with E-state index >= 15 is 0 Å². The zero-order chi connectivity index (χ0) is 11.4. The molecule has 1 aromatic carbocycles. The summed E-state index contributed by atoms with van der Waals surface area (Å²) in [5.41, 5.74) is 2.54. The van der Waals surface area contributed by atoms with Crippen molar-refractivity contribution < 1.29 is 5.11 Å². The van der Waals surface area contributed by atoms with Crippen LogP contribution in [0.3, 0.4) is 0 Å². The first-order chi connectivity index (χ1) is 7.83. The lowest BCUT2D eigenvalue weighted by Crippen LogP contribution is -2.11. The van der Waals surface area contributed by atoms with Gasteiger partial charge in [0.2, 0.25) is 0 Å². The summed E-state index contributed by atoms with van der Waals surface area (Å²) in [6.45, 7) is 2.22. The van der Waals surface area contributed by atoms with Crippen molar-refractivity contribution in [2.75, 3.05) is 0 Å². The Morgan fingerprint density at radius 3 is 2.94 bits per heavy atom. The van der Waals surface area contributed by atoms with Gasteiger partial charge in [0.15, 0.2) is 0 Å². The van der Waals surface area contributed by atoms with Gasteiger partial charge in [-0.25, -0.2) is 0 Å².